The van der Waals surface area contributed by atoms with Gasteiger partial charge < -0.3 is 5.73 Å². The van der Waals surface area contributed by atoms with E-state index in [1.165, 1.54) is 22.5 Å². The molecule has 0 bridgehead atoms. The average molecular weight is 480 g/mol. The van der Waals surface area contributed by atoms with Crippen LogP contribution in [0.5, 0.6) is 0 Å². The number of hydrogen-bond donors (Lipinski definition) is 1. The van der Waals surface area contributed by atoms with Crippen molar-refractivity contribution in [1.29, 1.82) is 0 Å². The van der Waals surface area contributed by atoms with Gasteiger partial charge in [-0.2, -0.15) is 4.57 Å². The quantitative estimate of drug-likeness (QED) is 0.190. The molecule has 0 fully saturated rings. The summed E-state index contributed by atoms with van der Waals surface area (Å²) in [5.41, 5.74) is 13.3. The first-order chi connectivity index (χ1) is 15.3. The molecule has 0 aliphatic rings. The molecule has 0 unspecified atom stereocenters. The molecule has 0 atom stereocenters. The summed E-state index contributed by atoms with van der Waals surface area (Å²) >= 11 is 9.17. The number of nitrogens with two attached hydrogens (primary N) is 1. The van der Waals surface area contributed by atoms with Crippen LogP contribution in [0.3, 0.4) is 0 Å². The molecule has 2 aromatic heterocycles. The number of ketones is 1. The first-order valence-electron chi connectivity index (χ1n) is 10.2. The van der Waals surface area contributed by atoms with Crippen molar-refractivity contribution in [3.05, 3.63) is 105 Å². The molecule has 0 aliphatic carbocycles. The molecule has 2 aromatic carbocycles. The zero-order valence-corrected chi connectivity index (χ0v) is 20.6. The van der Waals surface area contributed by atoms with E-state index in [1.54, 1.807) is 36.0 Å². The molecule has 6 heteroatoms. The van der Waals surface area contributed by atoms with Crippen LogP contribution < -0.4 is 10.3 Å². The van der Waals surface area contributed by atoms with Crippen molar-refractivity contribution in [2.24, 2.45) is 0 Å². The van der Waals surface area contributed by atoms with Crippen molar-refractivity contribution >= 4 is 46.2 Å². The summed E-state index contributed by atoms with van der Waals surface area (Å²) in [5, 5.41) is 0.599. The second-order valence-electron chi connectivity index (χ2n) is 7.89. The maximum Gasteiger partial charge on any atom is 0.259 e. The number of pyridine rings is 1. The fraction of sp³-hybridized carbons (Fsp3) is 0.154. The molecule has 4 rings (SSSR count). The van der Waals surface area contributed by atoms with Gasteiger partial charge in [0.25, 0.3) is 5.69 Å². The Kier molecular flexibility index (Phi) is 6.70. The van der Waals surface area contributed by atoms with Crippen molar-refractivity contribution in [2.75, 3.05) is 5.73 Å². The predicted octanol–water partition coefficient (Wildman–Crippen LogP) is 6.71. The van der Waals surface area contributed by atoms with Gasteiger partial charge >= 0.3 is 0 Å². The minimum absolute atomic E-state index is 0.0856. The number of carbonyl (C=O) groups excluding carboxylic acids is 1. The van der Waals surface area contributed by atoms with Crippen LogP contribution in [-0.4, -0.2) is 5.78 Å². The highest BCUT2D eigenvalue weighted by Crippen LogP contribution is 2.41. The molecule has 0 saturated carbocycles. The zero-order chi connectivity index (χ0) is 22.8. The Morgan fingerprint density at radius 3 is 2.22 bits per heavy atom. The smallest absolute Gasteiger partial charge is 0.259 e. The Hall–Kier alpha value is -2.60. The molecule has 4 aromatic rings. The van der Waals surface area contributed by atoms with Crippen LogP contribution in [0.4, 0.5) is 5.69 Å². The molecule has 0 saturated heterocycles. The Labute approximate surface area is 201 Å². The van der Waals surface area contributed by atoms with Crippen molar-refractivity contribution in [2.45, 2.75) is 30.7 Å². The van der Waals surface area contributed by atoms with E-state index in [9.17, 15) is 4.79 Å². The van der Waals surface area contributed by atoms with Crippen molar-refractivity contribution in [3.8, 4) is 5.69 Å². The van der Waals surface area contributed by atoms with Crippen LogP contribution in [0.2, 0.25) is 5.02 Å². The normalized spacial score (nSPS) is 11.0. The van der Waals surface area contributed by atoms with Crippen LogP contribution in [0.15, 0.2) is 71.2 Å². The molecular weight excluding hydrogens is 456 g/mol. The molecule has 0 radical (unpaired) electrons. The number of thioether (sulfide) groups is 1. The number of aromatic nitrogens is 1. The highest BCUT2D eigenvalue weighted by Gasteiger charge is 2.29. The Morgan fingerprint density at radius 2 is 1.59 bits per heavy atom. The molecule has 2 heterocycles. The molecule has 162 valence electrons. The fourth-order valence-electron chi connectivity index (χ4n) is 3.53. The topological polar surface area (TPSA) is 47.0 Å². The van der Waals surface area contributed by atoms with E-state index in [4.69, 9.17) is 17.3 Å². The van der Waals surface area contributed by atoms with Crippen LogP contribution >= 0.6 is 34.7 Å². The standard InChI is InChI=1S/C26H23ClN2OS2/c1-16-4-6-19(7-5-16)15-31-26-23(29-13-17(2)12-18(3)14-29)22(28)25(32-26)24(30)20-8-10-21(27)11-9-20/h4-14H,15H2,1-3H3,(H-,28,30)/p+1. The largest absolute Gasteiger partial charge is 0.392 e. The first-order valence-corrected chi connectivity index (χ1v) is 12.4. The van der Waals surface area contributed by atoms with Crippen LogP contribution in [0.1, 0.15) is 37.5 Å². The van der Waals surface area contributed by atoms with Crippen LogP contribution in [-0.2, 0) is 5.75 Å². The van der Waals surface area contributed by atoms with Crippen LogP contribution in [0.25, 0.3) is 5.69 Å². The molecular formula is C26H24ClN2OS2+. The van der Waals surface area contributed by atoms with E-state index in [0.29, 0.717) is 21.2 Å². The molecule has 32 heavy (non-hydrogen) atoms. The Balaban J connectivity index is 1.77. The van der Waals surface area contributed by atoms with Crippen molar-refractivity contribution < 1.29 is 9.36 Å². The van der Waals surface area contributed by atoms with E-state index in [1.807, 2.05) is 4.57 Å². The third-order valence-electron chi connectivity index (χ3n) is 5.09. The SMILES string of the molecule is Cc1ccc(CSc2sc(C(=O)c3ccc(Cl)cc3)c(N)c2-[n+]2cc(C)cc(C)c2)cc1. The van der Waals surface area contributed by atoms with E-state index >= 15 is 0 Å². The first kappa shape index (κ1) is 22.6. The molecule has 3 nitrogen and oxygen atoms in total. The number of anilines is 1. The van der Waals surface area contributed by atoms with Gasteiger partial charge in [-0.3, -0.25) is 4.79 Å². The maximum absolute atomic E-state index is 13.3. The minimum atomic E-state index is -0.0856. The minimum Gasteiger partial charge on any atom is -0.392 e. The lowest BCUT2D eigenvalue weighted by atomic mass is 10.1. The molecule has 2 N–H and O–H groups in total. The summed E-state index contributed by atoms with van der Waals surface area (Å²) in [7, 11) is 0. The number of benzene rings is 2. The highest BCUT2D eigenvalue weighted by atomic mass is 35.5. The van der Waals surface area contributed by atoms with Gasteiger partial charge in [0.05, 0.1) is 0 Å². The number of aryl methyl sites for hydroxylation is 3. The van der Waals surface area contributed by atoms with Gasteiger partial charge in [-0.25, -0.2) is 0 Å². The van der Waals surface area contributed by atoms with E-state index < -0.39 is 0 Å². The Morgan fingerprint density at radius 1 is 0.969 bits per heavy atom. The monoisotopic (exact) mass is 479 g/mol. The predicted molar refractivity (Wildman–Crippen MR) is 135 cm³/mol. The lowest BCUT2D eigenvalue weighted by molar-refractivity contribution is -0.597. The fourth-order valence-corrected chi connectivity index (χ4v) is 6.07. The molecule has 0 amide bonds. The van der Waals surface area contributed by atoms with Crippen molar-refractivity contribution in [1.82, 2.24) is 0 Å². The highest BCUT2D eigenvalue weighted by molar-refractivity contribution is 8.00. The second-order valence-corrected chi connectivity index (χ2v) is 10.6. The van der Waals surface area contributed by atoms with Gasteiger partial charge in [-0.15, -0.1) is 23.1 Å². The van der Waals surface area contributed by atoms with E-state index in [-0.39, 0.29) is 5.78 Å². The van der Waals surface area contributed by atoms with Crippen molar-refractivity contribution in [3.63, 3.8) is 0 Å². The summed E-state index contributed by atoms with van der Waals surface area (Å²) in [5.74, 6) is 0.713. The van der Waals surface area contributed by atoms with Gasteiger partial charge in [0.1, 0.15) is 14.8 Å². The third kappa shape index (κ3) is 4.90. The summed E-state index contributed by atoms with van der Waals surface area (Å²) in [4.78, 5) is 13.8. The summed E-state index contributed by atoms with van der Waals surface area (Å²) in [6.07, 6.45) is 4.11. The van der Waals surface area contributed by atoms with Gasteiger partial charge in [0, 0.05) is 27.5 Å². The number of halogens is 1. The number of rotatable bonds is 6. The lowest BCUT2D eigenvalue weighted by Gasteiger charge is -2.04. The number of hydrogen-bond acceptors (Lipinski definition) is 4. The number of nitrogen functional groups attached to an aromatic ring is 1. The third-order valence-corrected chi connectivity index (χ3v) is 7.87. The number of thiophene rings is 1. The number of nitrogens with zero attached hydrogens (tertiary/aromatic N) is 1. The summed E-state index contributed by atoms with van der Waals surface area (Å²) in [6, 6.07) is 17.6. The van der Waals surface area contributed by atoms with Gasteiger partial charge in [-0.05, 0) is 56.7 Å². The van der Waals surface area contributed by atoms with Gasteiger partial charge in [0.2, 0.25) is 5.78 Å². The molecule has 0 spiro atoms. The lowest BCUT2D eigenvalue weighted by Crippen LogP contribution is -2.32. The second kappa shape index (κ2) is 9.49. The van der Waals surface area contributed by atoms with Crippen LogP contribution in [0, 0.1) is 20.8 Å². The summed E-state index contributed by atoms with van der Waals surface area (Å²) < 4.78 is 3.07. The van der Waals surface area contributed by atoms with E-state index in [2.05, 4.69) is 63.5 Å². The Bertz CT molecular complexity index is 1260. The van der Waals surface area contributed by atoms with Gasteiger partial charge in [0.15, 0.2) is 12.4 Å². The van der Waals surface area contributed by atoms with Gasteiger partial charge in [-0.1, -0.05) is 41.4 Å². The zero-order valence-electron chi connectivity index (χ0n) is 18.2. The number of carbonyl (C=O) groups is 1. The maximum atomic E-state index is 13.3. The molecule has 0 aliphatic heterocycles. The average Bonchev–Trinajstić information content (AvgIpc) is 3.09. The summed E-state index contributed by atoms with van der Waals surface area (Å²) in [6.45, 7) is 6.20. The van der Waals surface area contributed by atoms with E-state index in [0.717, 1.165) is 26.8 Å².